The third kappa shape index (κ3) is 4.44. The number of carbonyl (C=O) groups excluding carboxylic acids is 1. The molecule has 1 atom stereocenters. The number of nitrogens with zero attached hydrogens (tertiary/aromatic N) is 1. The van der Waals surface area contributed by atoms with Gasteiger partial charge in [0, 0.05) is 47.9 Å². The molecule has 0 bridgehead atoms. The molecule has 1 aromatic heterocycles. The first-order valence-corrected chi connectivity index (χ1v) is 8.63. The Morgan fingerprint density at radius 3 is 2.59 bits per heavy atom. The van der Waals surface area contributed by atoms with E-state index < -0.39 is 18.0 Å². The van der Waals surface area contributed by atoms with Crippen LogP contribution in [0.15, 0.2) is 24.4 Å². The number of anilines is 1. The summed E-state index contributed by atoms with van der Waals surface area (Å²) < 4.78 is 5.30. The number of carbonyl (C=O) groups is 3. The number of aliphatic carboxylic acids is 2. The summed E-state index contributed by atoms with van der Waals surface area (Å²) in [5, 5.41) is 21.8. The maximum absolute atomic E-state index is 11.9. The third-order valence-electron chi connectivity index (χ3n) is 4.50. The molecule has 2 heterocycles. The number of aromatic amines is 1. The van der Waals surface area contributed by atoms with E-state index >= 15 is 0 Å². The highest BCUT2D eigenvalue weighted by Crippen LogP contribution is 2.30. The summed E-state index contributed by atoms with van der Waals surface area (Å²) in [4.78, 5) is 39.1. The van der Waals surface area contributed by atoms with Gasteiger partial charge in [0.2, 0.25) is 5.91 Å². The molecule has 1 aromatic carbocycles. The van der Waals surface area contributed by atoms with Crippen molar-refractivity contribution in [2.45, 2.75) is 18.9 Å². The molecule has 4 N–H and O–H groups in total. The van der Waals surface area contributed by atoms with Crippen LogP contribution in [0.2, 0.25) is 0 Å². The minimum atomic E-state index is -1.03. The standard InChI is InChI=1S/C18H21N3O6/c22-15(3-4-16(23)24)20-11-1-2-12-13(10-19-14(12)9-11)17(18(25)26)21-5-7-27-8-6-21/h1-2,9-10,17,19H,3-8H2,(H,20,22)(H,23,24)(H,25,26)/t17-/m0/s1. The van der Waals surface area contributed by atoms with Crippen molar-refractivity contribution in [3.8, 4) is 0 Å². The summed E-state index contributed by atoms with van der Waals surface area (Å²) in [5.74, 6) is -2.35. The fourth-order valence-electron chi connectivity index (χ4n) is 3.22. The van der Waals surface area contributed by atoms with Crippen LogP contribution in [-0.4, -0.2) is 64.2 Å². The molecule has 0 aliphatic carbocycles. The summed E-state index contributed by atoms with van der Waals surface area (Å²) in [5.41, 5.74) is 1.87. The van der Waals surface area contributed by atoms with Gasteiger partial charge in [0.25, 0.3) is 0 Å². The largest absolute Gasteiger partial charge is 0.481 e. The van der Waals surface area contributed by atoms with Gasteiger partial charge in [-0.2, -0.15) is 0 Å². The normalized spacial score (nSPS) is 16.1. The van der Waals surface area contributed by atoms with E-state index in [-0.39, 0.29) is 18.7 Å². The van der Waals surface area contributed by atoms with E-state index in [0.717, 1.165) is 5.39 Å². The summed E-state index contributed by atoms with van der Waals surface area (Å²) in [6, 6.07) is 4.36. The van der Waals surface area contributed by atoms with Crippen LogP contribution in [-0.2, 0) is 19.1 Å². The van der Waals surface area contributed by atoms with E-state index in [1.807, 2.05) is 4.90 Å². The Morgan fingerprint density at radius 1 is 1.19 bits per heavy atom. The predicted octanol–water partition coefficient (Wildman–Crippen LogP) is 1.43. The minimum Gasteiger partial charge on any atom is -0.481 e. The smallest absolute Gasteiger partial charge is 0.325 e. The Hall–Kier alpha value is -2.91. The van der Waals surface area contributed by atoms with Crippen LogP contribution in [0.1, 0.15) is 24.4 Å². The van der Waals surface area contributed by atoms with Crippen molar-refractivity contribution in [2.75, 3.05) is 31.6 Å². The molecule has 27 heavy (non-hydrogen) atoms. The Bertz CT molecular complexity index is 856. The molecule has 0 saturated carbocycles. The lowest BCUT2D eigenvalue weighted by Gasteiger charge is -2.31. The number of benzene rings is 1. The average molecular weight is 375 g/mol. The van der Waals surface area contributed by atoms with Crippen LogP contribution in [0.3, 0.4) is 0 Å². The number of aromatic nitrogens is 1. The Labute approximate surface area is 154 Å². The second kappa shape index (κ2) is 8.19. The van der Waals surface area contributed by atoms with Gasteiger partial charge in [0.1, 0.15) is 6.04 Å². The van der Waals surface area contributed by atoms with Gasteiger partial charge in [0.15, 0.2) is 0 Å². The highest BCUT2D eigenvalue weighted by atomic mass is 16.5. The lowest BCUT2D eigenvalue weighted by molar-refractivity contribution is -0.145. The molecule has 144 valence electrons. The topological polar surface area (TPSA) is 132 Å². The lowest BCUT2D eigenvalue weighted by atomic mass is 10.0. The molecule has 1 amide bonds. The van der Waals surface area contributed by atoms with Crippen LogP contribution in [0.4, 0.5) is 5.69 Å². The van der Waals surface area contributed by atoms with Gasteiger partial charge in [0.05, 0.1) is 19.6 Å². The van der Waals surface area contributed by atoms with Crippen LogP contribution in [0.25, 0.3) is 10.9 Å². The van der Waals surface area contributed by atoms with Crippen molar-refractivity contribution < 1.29 is 29.3 Å². The van der Waals surface area contributed by atoms with E-state index in [2.05, 4.69) is 10.3 Å². The molecule has 1 aliphatic heterocycles. The molecule has 0 spiro atoms. The monoisotopic (exact) mass is 375 g/mol. The van der Waals surface area contributed by atoms with Crippen molar-refractivity contribution in [3.63, 3.8) is 0 Å². The number of rotatable bonds is 7. The van der Waals surface area contributed by atoms with Gasteiger partial charge in [-0.1, -0.05) is 6.07 Å². The molecule has 0 unspecified atom stereocenters. The molecule has 1 aliphatic rings. The van der Waals surface area contributed by atoms with Crippen molar-refractivity contribution >= 4 is 34.4 Å². The molecular formula is C18H21N3O6. The van der Waals surface area contributed by atoms with Gasteiger partial charge < -0.3 is 25.3 Å². The highest BCUT2D eigenvalue weighted by Gasteiger charge is 2.30. The number of carboxylic acids is 2. The zero-order valence-corrected chi connectivity index (χ0v) is 14.6. The number of hydrogen-bond donors (Lipinski definition) is 4. The fraction of sp³-hybridized carbons (Fsp3) is 0.389. The van der Waals surface area contributed by atoms with E-state index in [0.29, 0.717) is 43.1 Å². The van der Waals surface area contributed by atoms with Crippen LogP contribution in [0, 0.1) is 0 Å². The zero-order chi connectivity index (χ0) is 19.4. The summed E-state index contributed by atoms with van der Waals surface area (Å²) in [7, 11) is 0. The summed E-state index contributed by atoms with van der Waals surface area (Å²) >= 11 is 0. The van der Waals surface area contributed by atoms with E-state index in [4.69, 9.17) is 9.84 Å². The Morgan fingerprint density at radius 2 is 1.93 bits per heavy atom. The predicted molar refractivity (Wildman–Crippen MR) is 96.6 cm³/mol. The second-order valence-corrected chi connectivity index (χ2v) is 6.34. The van der Waals surface area contributed by atoms with E-state index in [1.54, 1.807) is 24.4 Å². The molecule has 3 rings (SSSR count). The first-order chi connectivity index (χ1) is 13.0. The minimum absolute atomic E-state index is 0.110. The summed E-state index contributed by atoms with van der Waals surface area (Å²) in [6.07, 6.45) is 1.33. The quantitative estimate of drug-likeness (QED) is 0.575. The molecule has 1 fully saturated rings. The Kier molecular flexibility index (Phi) is 5.72. The van der Waals surface area contributed by atoms with Gasteiger partial charge in [-0.05, 0) is 12.1 Å². The van der Waals surface area contributed by atoms with Gasteiger partial charge in [-0.15, -0.1) is 0 Å². The molecule has 9 heteroatoms. The lowest BCUT2D eigenvalue weighted by Crippen LogP contribution is -2.42. The number of ether oxygens (including phenoxy) is 1. The van der Waals surface area contributed by atoms with Crippen LogP contribution < -0.4 is 5.32 Å². The SMILES string of the molecule is O=C(O)CCC(=O)Nc1ccc2c([C@@H](C(=O)O)N3CCOCC3)c[nH]c2c1. The van der Waals surface area contributed by atoms with Crippen LogP contribution in [0.5, 0.6) is 0 Å². The Balaban J connectivity index is 1.81. The van der Waals surface area contributed by atoms with Crippen molar-refractivity contribution in [2.24, 2.45) is 0 Å². The number of morpholine rings is 1. The van der Waals surface area contributed by atoms with Gasteiger partial charge in [-0.25, -0.2) is 0 Å². The molecule has 9 nitrogen and oxygen atoms in total. The maximum Gasteiger partial charge on any atom is 0.325 e. The summed E-state index contributed by atoms with van der Waals surface area (Å²) in [6.45, 7) is 2.08. The maximum atomic E-state index is 11.9. The highest BCUT2D eigenvalue weighted by molar-refractivity contribution is 5.96. The van der Waals surface area contributed by atoms with Crippen molar-refractivity contribution in [1.82, 2.24) is 9.88 Å². The first-order valence-electron chi connectivity index (χ1n) is 8.63. The number of amides is 1. The van der Waals surface area contributed by atoms with E-state index in [9.17, 15) is 19.5 Å². The van der Waals surface area contributed by atoms with Crippen molar-refractivity contribution in [3.05, 3.63) is 30.0 Å². The number of hydrogen-bond acceptors (Lipinski definition) is 5. The molecular weight excluding hydrogens is 354 g/mol. The van der Waals surface area contributed by atoms with Gasteiger partial charge >= 0.3 is 11.9 Å². The number of fused-ring (bicyclic) bond motifs is 1. The first kappa shape index (κ1) is 18.9. The average Bonchev–Trinajstić information content (AvgIpc) is 3.04. The van der Waals surface area contributed by atoms with Crippen LogP contribution >= 0.6 is 0 Å². The number of H-pyrrole nitrogens is 1. The fourth-order valence-corrected chi connectivity index (χ4v) is 3.22. The number of nitrogens with one attached hydrogen (secondary N) is 2. The molecule has 2 aromatic rings. The van der Waals surface area contributed by atoms with Crippen molar-refractivity contribution in [1.29, 1.82) is 0 Å². The van der Waals surface area contributed by atoms with Gasteiger partial charge in [-0.3, -0.25) is 19.3 Å². The third-order valence-corrected chi connectivity index (χ3v) is 4.50. The van der Waals surface area contributed by atoms with E-state index in [1.165, 1.54) is 0 Å². The second-order valence-electron chi connectivity index (χ2n) is 6.34. The zero-order valence-electron chi connectivity index (χ0n) is 14.6. The molecule has 0 radical (unpaired) electrons. The number of carboxylic acid groups (broad SMARTS) is 2. The molecule has 1 saturated heterocycles.